The van der Waals surface area contributed by atoms with E-state index in [1.54, 1.807) is 42.5 Å². The van der Waals surface area contributed by atoms with E-state index in [1.807, 2.05) is 12.1 Å². The largest absolute Gasteiger partial charge is 0.450 e. The summed E-state index contributed by atoms with van der Waals surface area (Å²) in [6.07, 6.45) is 1.37. The van der Waals surface area contributed by atoms with Crippen molar-refractivity contribution >= 4 is 56.7 Å². The maximum Gasteiger partial charge on any atom is 0.270 e. The number of carbonyl (C=O) groups is 1. The molecule has 0 saturated heterocycles. The Morgan fingerprint density at radius 3 is 2.77 bits per heavy atom. The lowest BCUT2D eigenvalue weighted by molar-refractivity contribution is -0.384. The Morgan fingerprint density at radius 1 is 1.23 bits per heavy atom. The van der Waals surface area contributed by atoms with E-state index in [9.17, 15) is 20.2 Å². The summed E-state index contributed by atoms with van der Waals surface area (Å²) in [4.78, 5) is 27.2. The molecule has 0 bridgehead atoms. The Labute approximate surface area is 184 Å². The molecule has 0 atom stereocenters. The molecule has 0 aliphatic rings. The molecule has 0 fully saturated rings. The molecule has 2 heterocycles. The molecule has 1 amide bonds. The average Bonchev–Trinajstić information content (AvgIpc) is 3.38. The quantitative estimate of drug-likeness (QED) is 0.179. The highest BCUT2D eigenvalue weighted by Crippen LogP contribution is 2.36. The lowest BCUT2D eigenvalue weighted by Crippen LogP contribution is -2.13. The van der Waals surface area contributed by atoms with Crippen molar-refractivity contribution < 1.29 is 14.1 Å². The molecule has 1 N–H and O–H groups in total. The molecule has 4 rings (SSSR count). The van der Waals surface area contributed by atoms with Gasteiger partial charge in [0.15, 0.2) is 9.43 Å². The summed E-state index contributed by atoms with van der Waals surface area (Å²) in [7, 11) is 0. The summed E-state index contributed by atoms with van der Waals surface area (Å²) < 4.78 is 7.05. The van der Waals surface area contributed by atoms with Crippen LogP contribution in [0.3, 0.4) is 0 Å². The molecule has 2 aromatic carbocycles. The number of nitrogens with one attached hydrogen (secondary N) is 1. The minimum absolute atomic E-state index is 0.0101. The van der Waals surface area contributed by atoms with Crippen LogP contribution in [0.25, 0.3) is 16.3 Å². The van der Waals surface area contributed by atoms with Crippen LogP contribution in [-0.4, -0.2) is 15.8 Å². The van der Waals surface area contributed by atoms with Crippen molar-refractivity contribution in [3.63, 3.8) is 0 Å². The number of benzene rings is 2. The van der Waals surface area contributed by atoms with Crippen LogP contribution < -0.4 is 5.32 Å². The van der Waals surface area contributed by atoms with Gasteiger partial charge in [-0.2, -0.15) is 5.26 Å². The van der Waals surface area contributed by atoms with Gasteiger partial charge >= 0.3 is 0 Å². The summed E-state index contributed by atoms with van der Waals surface area (Å²) >= 11 is 2.57. The van der Waals surface area contributed by atoms with E-state index < -0.39 is 10.8 Å². The molecule has 0 saturated carbocycles. The summed E-state index contributed by atoms with van der Waals surface area (Å²) in [5, 5.41) is 23.4. The SMILES string of the molecule is N#C/C(=C\c1ccc(Sc2nc3ccc([N+](=O)[O-])cc3s2)o1)C(=O)Nc1ccccc1. The second kappa shape index (κ2) is 8.83. The number of fused-ring (bicyclic) bond motifs is 1. The third-order valence-electron chi connectivity index (χ3n) is 4.04. The predicted molar refractivity (Wildman–Crippen MR) is 118 cm³/mol. The van der Waals surface area contributed by atoms with Gasteiger partial charge in [-0.3, -0.25) is 14.9 Å². The number of anilines is 1. The highest BCUT2D eigenvalue weighted by Gasteiger charge is 2.14. The molecule has 31 heavy (non-hydrogen) atoms. The van der Waals surface area contributed by atoms with E-state index in [2.05, 4.69) is 10.3 Å². The van der Waals surface area contributed by atoms with E-state index in [-0.39, 0.29) is 11.3 Å². The summed E-state index contributed by atoms with van der Waals surface area (Å²) in [5.41, 5.74) is 1.16. The smallest absolute Gasteiger partial charge is 0.270 e. The number of hydrogen-bond donors (Lipinski definition) is 1. The van der Waals surface area contributed by atoms with Crippen molar-refractivity contribution in [3.05, 3.63) is 82.1 Å². The number of amides is 1. The Balaban J connectivity index is 1.49. The van der Waals surface area contributed by atoms with E-state index in [4.69, 9.17) is 4.42 Å². The number of nitro groups is 1. The Hall–Kier alpha value is -3.94. The third-order valence-corrected chi connectivity index (χ3v) is 6.04. The van der Waals surface area contributed by atoms with Crippen molar-refractivity contribution in [1.29, 1.82) is 5.26 Å². The maximum absolute atomic E-state index is 12.3. The molecule has 0 aliphatic heterocycles. The highest BCUT2D eigenvalue weighted by molar-refractivity contribution is 8.01. The number of nitro benzene ring substituents is 1. The summed E-state index contributed by atoms with van der Waals surface area (Å²) in [6.45, 7) is 0. The van der Waals surface area contributed by atoms with Gasteiger partial charge in [-0.15, -0.1) is 11.3 Å². The minimum Gasteiger partial charge on any atom is -0.450 e. The minimum atomic E-state index is -0.535. The molecule has 8 nitrogen and oxygen atoms in total. The van der Waals surface area contributed by atoms with Crippen LogP contribution in [0.5, 0.6) is 0 Å². The lowest BCUT2D eigenvalue weighted by Gasteiger charge is -2.02. The van der Waals surface area contributed by atoms with Crippen molar-refractivity contribution in [3.8, 4) is 6.07 Å². The standard InChI is InChI=1S/C21H12N4O4S2/c22-12-13(20(26)23-14-4-2-1-3-5-14)10-16-7-9-19(29-16)31-21-24-17-8-6-15(25(27)28)11-18(17)30-21/h1-11H,(H,23,26)/b13-10+. The van der Waals surface area contributed by atoms with Gasteiger partial charge < -0.3 is 9.73 Å². The van der Waals surface area contributed by atoms with Crippen molar-refractivity contribution in [2.75, 3.05) is 5.32 Å². The van der Waals surface area contributed by atoms with E-state index in [0.29, 0.717) is 31.1 Å². The van der Waals surface area contributed by atoms with Crippen LogP contribution in [0.1, 0.15) is 5.76 Å². The lowest BCUT2D eigenvalue weighted by atomic mass is 10.2. The molecular weight excluding hydrogens is 436 g/mol. The van der Waals surface area contributed by atoms with Gasteiger partial charge in [0.25, 0.3) is 11.6 Å². The molecule has 2 aromatic heterocycles. The number of carbonyl (C=O) groups excluding carboxylic acids is 1. The van der Waals surface area contributed by atoms with Gasteiger partial charge in [0, 0.05) is 23.9 Å². The number of furan rings is 1. The number of thiazole rings is 1. The van der Waals surface area contributed by atoms with Crippen molar-refractivity contribution in [2.24, 2.45) is 0 Å². The van der Waals surface area contributed by atoms with Gasteiger partial charge in [0.2, 0.25) is 0 Å². The number of nitriles is 1. The van der Waals surface area contributed by atoms with Crippen molar-refractivity contribution in [1.82, 2.24) is 4.98 Å². The number of non-ortho nitro benzene ring substituents is 1. The number of nitrogens with zero attached hydrogens (tertiary/aromatic N) is 3. The zero-order chi connectivity index (χ0) is 21.8. The fourth-order valence-corrected chi connectivity index (χ4v) is 4.62. The molecule has 10 heteroatoms. The zero-order valence-corrected chi connectivity index (χ0v) is 17.3. The van der Waals surface area contributed by atoms with Gasteiger partial charge in [-0.05, 0) is 42.1 Å². The van der Waals surface area contributed by atoms with Crippen LogP contribution >= 0.6 is 23.1 Å². The Bertz CT molecular complexity index is 1350. The van der Waals surface area contributed by atoms with Crippen LogP contribution in [0.4, 0.5) is 11.4 Å². The molecule has 0 radical (unpaired) electrons. The maximum atomic E-state index is 12.3. The Kier molecular flexibility index (Phi) is 5.79. The third kappa shape index (κ3) is 4.80. The normalized spacial score (nSPS) is 11.3. The first-order valence-corrected chi connectivity index (χ1v) is 10.5. The molecule has 0 aliphatic carbocycles. The van der Waals surface area contributed by atoms with Crippen molar-refractivity contribution in [2.45, 2.75) is 9.43 Å². The Morgan fingerprint density at radius 2 is 2.03 bits per heavy atom. The van der Waals surface area contributed by atoms with E-state index >= 15 is 0 Å². The second-order valence-electron chi connectivity index (χ2n) is 6.14. The van der Waals surface area contributed by atoms with Gasteiger partial charge in [-0.25, -0.2) is 4.98 Å². The number of hydrogen-bond acceptors (Lipinski definition) is 8. The first-order valence-electron chi connectivity index (χ1n) is 8.83. The first kappa shape index (κ1) is 20.3. The van der Waals surface area contributed by atoms with Crippen LogP contribution in [-0.2, 0) is 4.79 Å². The van der Waals surface area contributed by atoms with E-state index in [0.717, 1.165) is 0 Å². The van der Waals surface area contributed by atoms with Gasteiger partial charge in [0.05, 0.1) is 15.1 Å². The van der Waals surface area contributed by atoms with Crippen LogP contribution in [0.15, 0.2) is 80.1 Å². The number of para-hydroxylation sites is 1. The fraction of sp³-hybridized carbons (Fsp3) is 0. The topological polar surface area (TPSA) is 122 Å². The van der Waals surface area contributed by atoms with Crippen LogP contribution in [0.2, 0.25) is 0 Å². The monoisotopic (exact) mass is 448 g/mol. The van der Waals surface area contributed by atoms with Gasteiger partial charge in [-0.1, -0.05) is 18.2 Å². The second-order valence-corrected chi connectivity index (χ2v) is 8.42. The van der Waals surface area contributed by atoms with Crippen LogP contribution in [0, 0.1) is 21.4 Å². The summed E-state index contributed by atoms with van der Waals surface area (Å²) in [5.74, 6) is -0.189. The van der Waals surface area contributed by atoms with E-state index in [1.165, 1.54) is 41.3 Å². The summed E-state index contributed by atoms with van der Waals surface area (Å²) in [6, 6.07) is 18.6. The molecular formula is C21H12N4O4S2. The molecule has 152 valence electrons. The molecule has 0 spiro atoms. The number of aromatic nitrogens is 1. The first-order chi connectivity index (χ1) is 15.0. The van der Waals surface area contributed by atoms with Gasteiger partial charge in [0.1, 0.15) is 17.4 Å². The molecule has 4 aromatic rings. The average molecular weight is 448 g/mol. The zero-order valence-electron chi connectivity index (χ0n) is 15.6. The highest BCUT2D eigenvalue weighted by atomic mass is 32.2. The number of rotatable bonds is 6. The predicted octanol–water partition coefficient (Wildman–Crippen LogP) is 5.49. The fourth-order valence-electron chi connectivity index (χ4n) is 2.61. The molecule has 0 unspecified atom stereocenters.